The average molecular weight is 389 g/mol. The Morgan fingerprint density at radius 1 is 1.17 bits per heavy atom. The molecule has 2 heterocycles. The number of amides is 1. The Balaban J connectivity index is 2.00. The van der Waals surface area contributed by atoms with E-state index in [4.69, 9.17) is 4.74 Å². The van der Waals surface area contributed by atoms with Crippen molar-refractivity contribution in [3.05, 3.63) is 88.9 Å². The third-order valence-corrected chi connectivity index (χ3v) is 4.32. The van der Waals surface area contributed by atoms with Gasteiger partial charge in [0.05, 0.1) is 24.4 Å². The van der Waals surface area contributed by atoms with Crippen molar-refractivity contribution in [3.63, 3.8) is 0 Å². The molecule has 0 saturated heterocycles. The van der Waals surface area contributed by atoms with Crippen molar-refractivity contribution in [2.45, 2.75) is 19.6 Å². The van der Waals surface area contributed by atoms with Crippen LogP contribution in [-0.2, 0) is 6.67 Å². The molecule has 0 aliphatic rings. The predicted octanol–water partition coefficient (Wildman–Crippen LogP) is 3.85. The standard InChI is InChI=1S/C23H20FN3O2/c1-3-5-17-6-4-13-25-21(17)22(18-9-7-16(14-24)8-10-18)27-23(28)19-11-12-20(29-2)26-15-19/h4,6-13,15,22H,14H2,1-2H3,(H,27,28)/t22-/m0/s1. The van der Waals surface area contributed by atoms with E-state index in [1.54, 1.807) is 55.6 Å². The number of hydrogen-bond acceptors (Lipinski definition) is 4. The number of carbonyl (C=O) groups excluding carboxylic acids is 1. The first-order valence-corrected chi connectivity index (χ1v) is 8.99. The number of hydrogen-bond donors (Lipinski definition) is 1. The summed E-state index contributed by atoms with van der Waals surface area (Å²) in [6, 6.07) is 13.3. The van der Waals surface area contributed by atoms with Crippen molar-refractivity contribution in [2.24, 2.45) is 0 Å². The second-order valence-electron chi connectivity index (χ2n) is 6.18. The number of pyridine rings is 2. The van der Waals surface area contributed by atoms with Crippen LogP contribution in [0.4, 0.5) is 4.39 Å². The molecule has 1 N–H and O–H groups in total. The molecule has 6 heteroatoms. The van der Waals surface area contributed by atoms with E-state index in [-0.39, 0.29) is 5.91 Å². The molecule has 2 aromatic heterocycles. The third kappa shape index (κ3) is 4.77. The van der Waals surface area contributed by atoms with Gasteiger partial charge < -0.3 is 10.1 Å². The van der Waals surface area contributed by atoms with E-state index in [1.807, 2.05) is 6.07 Å². The van der Waals surface area contributed by atoms with Crippen molar-refractivity contribution >= 4 is 5.91 Å². The number of aromatic nitrogens is 2. The molecular formula is C23H20FN3O2. The van der Waals surface area contributed by atoms with E-state index in [0.717, 1.165) is 5.56 Å². The Morgan fingerprint density at radius 2 is 1.97 bits per heavy atom. The SMILES string of the molecule is CC#Cc1cccnc1[C@@H](NC(=O)c1ccc(OC)nc1)c1ccc(CF)cc1. The van der Waals surface area contributed by atoms with Crippen LogP contribution in [0.1, 0.15) is 45.7 Å². The maximum atomic E-state index is 12.9. The molecule has 1 atom stereocenters. The van der Waals surface area contributed by atoms with E-state index < -0.39 is 12.7 Å². The summed E-state index contributed by atoms with van der Waals surface area (Å²) in [5, 5.41) is 3.00. The molecule has 146 valence electrons. The number of nitrogens with one attached hydrogen (secondary N) is 1. The van der Waals surface area contributed by atoms with Crippen LogP contribution < -0.4 is 10.1 Å². The maximum Gasteiger partial charge on any atom is 0.253 e. The normalized spacial score (nSPS) is 11.1. The van der Waals surface area contributed by atoms with Crippen LogP contribution in [0, 0.1) is 11.8 Å². The summed E-state index contributed by atoms with van der Waals surface area (Å²) >= 11 is 0. The molecule has 0 radical (unpaired) electrons. The quantitative estimate of drug-likeness (QED) is 0.651. The highest BCUT2D eigenvalue weighted by Gasteiger charge is 2.22. The Labute approximate surface area is 169 Å². The number of carbonyl (C=O) groups is 1. The topological polar surface area (TPSA) is 64.1 Å². The van der Waals surface area contributed by atoms with Crippen molar-refractivity contribution in [1.82, 2.24) is 15.3 Å². The van der Waals surface area contributed by atoms with Crippen LogP contribution in [0.15, 0.2) is 60.9 Å². The zero-order valence-corrected chi connectivity index (χ0v) is 16.1. The highest BCUT2D eigenvalue weighted by Crippen LogP contribution is 2.24. The lowest BCUT2D eigenvalue weighted by Crippen LogP contribution is -2.30. The summed E-state index contributed by atoms with van der Waals surface area (Å²) in [6.45, 7) is 1.19. The van der Waals surface area contributed by atoms with Crippen molar-refractivity contribution in [1.29, 1.82) is 0 Å². The summed E-state index contributed by atoms with van der Waals surface area (Å²) in [7, 11) is 1.51. The highest BCUT2D eigenvalue weighted by atomic mass is 19.1. The average Bonchev–Trinajstić information content (AvgIpc) is 2.78. The van der Waals surface area contributed by atoms with Gasteiger partial charge in [-0.2, -0.15) is 0 Å². The van der Waals surface area contributed by atoms with E-state index in [0.29, 0.717) is 28.3 Å². The minimum Gasteiger partial charge on any atom is -0.481 e. The van der Waals surface area contributed by atoms with E-state index in [1.165, 1.54) is 13.3 Å². The Morgan fingerprint density at radius 3 is 2.59 bits per heavy atom. The number of rotatable bonds is 6. The number of ether oxygens (including phenoxy) is 1. The lowest BCUT2D eigenvalue weighted by Gasteiger charge is -2.20. The number of alkyl halides is 1. The minimum absolute atomic E-state index is 0.319. The molecule has 0 aliphatic heterocycles. The van der Waals surface area contributed by atoms with Crippen molar-refractivity contribution in [2.75, 3.05) is 7.11 Å². The Hall–Kier alpha value is -3.72. The Bertz CT molecular complexity index is 1040. The van der Waals surface area contributed by atoms with Gasteiger partial charge in [-0.05, 0) is 36.2 Å². The van der Waals surface area contributed by atoms with Crippen molar-refractivity contribution < 1.29 is 13.9 Å². The van der Waals surface area contributed by atoms with Gasteiger partial charge in [0.2, 0.25) is 5.88 Å². The first kappa shape index (κ1) is 20.0. The van der Waals surface area contributed by atoms with Crippen LogP contribution in [-0.4, -0.2) is 23.0 Å². The largest absolute Gasteiger partial charge is 0.481 e. The lowest BCUT2D eigenvalue weighted by molar-refractivity contribution is 0.0942. The number of halogens is 1. The summed E-state index contributed by atoms with van der Waals surface area (Å²) in [6.07, 6.45) is 3.10. The zero-order chi connectivity index (χ0) is 20.6. The maximum absolute atomic E-state index is 12.9. The molecule has 3 rings (SSSR count). The van der Waals surface area contributed by atoms with Gasteiger partial charge in [0.15, 0.2) is 0 Å². The summed E-state index contributed by atoms with van der Waals surface area (Å²) in [4.78, 5) is 21.4. The van der Waals surface area contributed by atoms with Gasteiger partial charge in [-0.25, -0.2) is 9.37 Å². The smallest absolute Gasteiger partial charge is 0.253 e. The molecule has 29 heavy (non-hydrogen) atoms. The molecule has 0 fully saturated rings. The summed E-state index contributed by atoms with van der Waals surface area (Å²) < 4.78 is 18.0. The molecule has 0 aliphatic carbocycles. The second-order valence-corrected chi connectivity index (χ2v) is 6.18. The van der Waals surface area contributed by atoms with Crippen LogP contribution in [0.25, 0.3) is 0 Å². The van der Waals surface area contributed by atoms with Crippen LogP contribution >= 0.6 is 0 Å². The molecule has 0 saturated carbocycles. The summed E-state index contributed by atoms with van der Waals surface area (Å²) in [5.74, 6) is 6.00. The first-order valence-electron chi connectivity index (χ1n) is 8.99. The van der Waals surface area contributed by atoms with Gasteiger partial charge in [-0.15, -0.1) is 5.92 Å². The van der Waals surface area contributed by atoms with Gasteiger partial charge in [0, 0.05) is 24.0 Å². The predicted molar refractivity (Wildman–Crippen MR) is 108 cm³/mol. The van der Waals surface area contributed by atoms with E-state index in [9.17, 15) is 9.18 Å². The molecular weight excluding hydrogens is 369 g/mol. The van der Waals surface area contributed by atoms with Crippen LogP contribution in [0.5, 0.6) is 5.88 Å². The molecule has 0 spiro atoms. The minimum atomic E-state index is -0.560. The van der Waals surface area contributed by atoms with Gasteiger partial charge in [-0.3, -0.25) is 9.78 Å². The third-order valence-electron chi connectivity index (χ3n) is 4.32. The highest BCUT2D eigenvalue weighted by molar-refractivity contribution is 5.94. The number of benzene rings is 1. The zero-order valence-electron chi connectivity index (χ0n) is 16.1. The van der Waals surface area contributed by atoms with Gasteiger partial charge >= 0.3 is 0 Å². The summed E-state index contributed by atoms with van der Waals surface area (Å²) in [5.41, 5.74) is 3.05. The van der Waals surface area contributed by atoms with Crippen LogP contribution in [0.2, 0.25) is 0 Å². The molecule has 3 aromatic rings. The van der Waals surface area contributed by atoms with Gasteiger partial charge in [0.25, 0.3) is 5.91 Å². The lowest BCUT2D eigenvalue weighted by atomic mass is 9.98. The van der Waals surface area contributed by atoms with Gasteiger partial charge in [-0.1, -0.05) is 30.2 Å². The molecule has 1 aromatic carbocycles. The number of nitrogens with zero attached hydrogens (tertiary/aromatic N) is 2. The number of methoxy groups -OCH3 is 1. The monoisotopic (exact) mass is 389 g/mol. The molecule has 0 bridgehead atoms. The van der Waals surface area contributed by atoms with E-state index >= 15 is 0 Å². The fourth-order valence-electron chi connectivity index (χ4n) is 2.85. The fraction of sp³-hybridized carbons (Fsp3) is 0.174. The Kier molecular flexibility index (Phi) is 6.54. The molecule has 1 amide bonds. The van der Waals surface area contributed by atoms with E-state index in [2.05, 4.69) is 27.1 Å². The molecule has 0 unspecified atom stereocenters. The fourth-order valence-corrected chi connectivity index (χ4v) is 2.85. The first-order chi connectivity index (χ1) is 14.2. The molecule has 5 nitrogen and oxygen atoms in total. The van der Waals surface area contributed by atoms with Gasteiger partial charge in [0.1, 0.15) is 6.67 Å². The van der Waals surface area contributed by atoms with Crippen LogP contribution in [0.3, 0.4) is 0 Å². The second kappa shape index (κ2) is 9.47. The van der Waals surface area contributed by atoms with Crippen molar-refractivity contribution in [3.8, 4) is 17.7 Å².